The second-order valence-electron chi connectivity index (χ2n) is 9.83. The van der Waals surface area contributed by atoms with Crippen LogP contribution in [0.3, 0.4) is 0 Å². The van der Waals surface area contributed by atoms with Crippen LogP contribution in [-0.4, -0.2) is 58.0 Å². The minimum atomic E-state index is -0.905. The van der Waals surface area contributed by atoms with Crippen LogP contribution in [0.5, 0.6) is 0 Å². The number of nitrogens with one attached hydrogen (secondary N) is 2. The number of hydrogen-bond donors (Lipinski definition) is 3. The highest BCUT2D eigenvalue weighted by Crippen LogP contribution is 2.26. The Bertz CT molecular complexity index is 1190. The summed E-state index contributed by atoms with van der Waals surface area (Å²) < 4.78 is 13.4. The summed E-state index contributed by atoms with van der Waals surface area (Å²) >= 11 is 0. The zero-order valence-corrected chi connectivity index (χ0v) is 20.5. The van der Waals surface area contributed by atoms with E-state index in [1.807, 2.05) is 30.3 Å². The third-order valence-corrected chi connectivity index (χ3v) is 6.40. The van der Waals surface area contributed by atoms with Crippen molar-refractivity contribution in [3.63, 3.8) is 0 Å². The fourth-order valence-electron chi connectivity index (χ4n) is 4.29. The number of nitrogens with zero attached hydrogens (tertiary/aromatic N) is 2. The molecular formula is C27H31FN4O4. The molecule has 0 fully saturated rings. The van der Waals surface area contributed by atoms with Crippen LogP contribution in [0.25, 0.3) is 5.57 Å². The molecule has 9 heteroatoms. The molecule has 0 atom stereocenters. The molecule has 0 saturated carbocycles. The topological polar surface area (TPSA) is 102 Å². The molecule has 4 rings (SSSR count). The fraction of sp³-hybridized carbons (Fsp3) is 0.370. The summed E-state index contributed by atoms with van der Waals surface area (Å²) in [6.45, 7) is 5.10. The third-order valence-electron chi connectivity index (χ3n) is 6.40. The maximum Gasteiger partial charge on any atom is 0.322 e. The van der Waals surface area contributed by atoms with Crippen LogP contribution < -0.4 is 10.6 Å². The van der Waals surface area contributed by atoms with Gasteiger partial charge < -0.3 is 25.5 Å². The highest BCUT2D eigenvalue weighted by atomic mass is 19.1. The molecular weight excluding hydrogens is 463 g/mol. The molecule has 0 radical (unpaired) electrons. The van der Waals surface area contributed by atoms with Gasteiger partial charge in [0.25, 0.3) is 0 Å². The number of carbonyl (C=O) groups excluding carboxylic acids is 3. The molecule has 0 unspecified atom stereocenters. The van der Waals surface area contributed by atoms with E-state index in [1.54, 1.807) is 24.8 Å². The van der Waals surface area contributed by atoms with Crippen LogP contribution >= 0.6 is 0 Å². The number of rotatable bonds is 5. The minimum absolute atomic E-state index is 0.231. The molecule has 0 aromatic heterocycles. The number of amides is 4. The molecule has 2 aromatic rings. The Kier molecular flexibility index (Phi) is 7.40. The lowest BCUT2D eigenvalue weighted by Crippen LogP contribution is -2.45. The van der Waals surface area contributed by atoms with Gasteiger partial charge in [0.15, 0.2) is 0 Å². The lowest BCUT2D eigenvalue weighted by molar-refractivity contribution is -0.145. The van der Waals surface area contributed by atoms with Crippen molar-refractivity contribution in [1.82, 2.24) is 15.1 Å². The first-order valence-electron chi connectivity index (χ1n) is 12.0. The van der Waals surface area contributed by atoms with Gasteiger partial charge in [0.2, 0.25) is 0 Å². The molecule has 36 heavy (non-hydrogen) atoms. The van der Waals surface area contributed by atoms with E-state index in [9.17, 15) is 23.9 Å². The van der Waals surface area contributed by atoms with Crippen molar-refractivity contribution in [2.24, 2.45) is 0 Å². The second-order valence-corrected chi connectivity index (χ2v) is 9.83. The Hall–Kier alpha value is -3.72. The molecule has 190 valence electrons. The highest BCUT2D eigenvalue weighted by molar-refractivity contribution is 6.35. The Morgan fingerprint density at radius 3 is 2.42 bits per heavy atom. The molecule has 3 N–H and O–H groups in total. The SMILES string of the molecule is CC(C)(O)CCNC(=O)C(=O)N1CC=C(c2ccc(NC(=O)N3Cc4ccc(F)cc4C3)cc2)CC1. The molecule has 2 heterocycles. The summed E-state index contributed by atoms with van der Waals surface area (Å²) in [7, 11) is 0. The number of carbonyl (C=O) groups is 3. The molecule has 2 aliphatic rings. The van der Waals surface area contributed by atoms with E-state index in [2.05, 4.69) is 10.6 Å². The van der Waals surface area contributed by atoms with Crippen molar-refractivity contribution in [3.8, 4) is 0 Å². The van der Waals surface area contributed by atoms with Gasteiger partial charge in [-0.3, -0.25) is 9.59 Å². The number of halogens is 1. The average molecular weight is 495 g/mol. The minimum Gasteiger partial charge on any atom is -0.390 e. The van der Waals surface area contributed by atoms with Gasteiger partial charge in [-0.1, -0.05) is 24.3 Å². The van der Waals surface area contributed by atoms with Crippen LogP contribution in [0.1, 0.15) is 43.4 Å². The normalized spacial score (nSPS) is 15.3. The quantitative estimate of drug-likeness (QED) is 0.556. The van der Waals surface area contributed by atoms with Crippen molar-refractivity contribution >= 4 is 29.1 Å². The molecule has 0 spiro atoms. The first-order valence-corrected chi connectivity index (χ1v) is 12.0. The average Bonchev–Trinajstić information content (AvgIpc) is 3.27. The van der Waals surface area contributed by atoms with Crippen LogP contribution in [-0.2, 0) is 22.7 Å². The number of urea groups is 1. The van der Waals surface area contributed by atoms with Crippen molar-refractivity contribution in [1.29, 1.82) is 0 Å². The molecule has 4 amide bonds. The first-order chi connectivity index (χ1) is 17.1. The van der Waals surface area contributed by atoms with Gasteiger partial charge in [-0.25, -0.2) is 9.18 Å². The second kappa shape index (κ2) is 10.5. The number of hydrogen-bond acceptors (Lipinski definition) is 4. The van der Waals surface area contributed by atoms with Gasteiger partial charge in [-0.15, -0.1) is 0 Å². The predicted octanol–water partition coefficient (Wildman–Crippen LogP) is 3.27. The maximum atomic E-state index is 13.4. The lowest BCUT2D eigenvalue weighted by Gasteiger charge is -2.26. The third kappa shape index (κ3) is 6.28. The Morgan fingerprint density at radius 2 is 1.75 bits per heavy atom. The fourth-order valence-corrected chi connectivity index (χ4v) is 4.29. The summed E-state index contributed by atoms with van der Waals surface area (Å²) in [4.78, 5) is 40.3. The van der Waals surface area contributed by atoms with E-state index in [1.165, 1.54) is 17.0 Å². The van der Waals surface area contributed by atoms with Gasteiger partial charge in [0.05, 0.1) is 5.60 Å². The van der Waals surface area contributed by atoms with Crippen molar-refractivity contribution in [2.75, 3.05) is 25.0 Å². The summed E-state index contributed by atoms with van der Waals surface area (Å²) in [6, 6.07) is 11.8. The van der Waals surface area contributed by atoms with Crippen LogP contribution in [0.2, 0.25) is 0 Å². The molecule has 0 aliphatic carbocycles. The molecule has 0 saturated heterocycles. The van der Waals surface area contributed by atoms with E-state index in [0.717, 1.165) is 22.3 Å². The maximum absolute atomic E-state index is 13.4. The van der Waals surface area contributed by atoms with E-state index >= 15 is 0 Å². The molecule has 2 aliphatic heterocycles. The summed E-state index contributed by atoms with van der Waals surface area (Å²) in [6.07, 6.45) is 2.90. The van der Waals surface area contributed by atoms with Crippen LogP contribution in [0.15, 0.2) is 48.5 Å². The van der Waals surface area contributed by atoms with Crippen LogP contribution in [0, 0.1) is 5.82 Å². The Labute approximate surface area is 209 Å². The van der Waals surface area contributed by atoms with E-state index < -0.39 is 17.4 Å². The van der Waals surface area contributed by atoms with E-state index in [-0.39, 0.29) is 18.4 Å². The molecule has 0 bridgehead atoms. The standard InChI is InChI=1S/C27H31FN4O4/c1-27(2,36)11-12-29-24(33)25(34)31-13-9-19(10-14-31)18-4-7-23(8-5-18)30-26(35)32-16-20-3-6-22(28)15-21(20)17-32/h3-9,15,36H,10-14,16-17H2,1-2H3,(H,29,33)(H,30,35). The predicted molar refractivity (Wildman–Crippen MR) is 134 cm³/mol. The van der Waals surface area contributed by atoms with Crippen LogP contribution in [0.4, 0.5) is 14.9 Å². The molecule has 2 aromatic carbocycles. The van der Waals surface area contributed by atoms with Crippen molar-refractivity contribution < 1.29 is 23.9 Å². The Balaban J connectivity index is 1.27. The van der Waals surface area contributed by atoms with Crippen molar-refractivity contribution in [2.45, 2.75) is 45.4 Å². The highest BCUT2D eigenvalue weighted by Gasteiger charge is 2.25. The zero-order chi connectivity index (χ0) is 25.9. The smallest absolute Gasteiger partial charge is 0.322 e. The van der Waals surface area contributed by atoms with Crippen molar-refractivity contribution in [3.05, 3.63) is 71.0 Å². The number of aliphatic hydroxyl groups is 1. The summed E-state index contributed by atoms with van der Waals surface area (Å²) in [5, 5.41) is 15.2. The largest absolute Gasteiger partial charge is 0.390 e. The van der Waals surface area contributed by atoms with Gasteiger partial charge in [0, 0.05) is 38.4 Å². The monoisotopic (exact) mass is 494 g/mol. The lowest BCUT2D eigenvalue weighted by atomic mass is 9.99. The number of benzene rings is 2. The van der Waals surface area contributed by atoms with E-state index in [4.69, 9.17) is 0 Å². The van der Waals surface area contributed by atoms with Gasteiger partial charge >= 0.3 is 17.8 Å². The Morgan fingerprint density at radius 1 is 1.03 bits per heavy atom. The number of anilines is 1. The summed E-state index contributed by atoms with van der Waals surface area (Å²) in [5.41, 5.74) is 3.57. The van der Waals surface area contributed by atoms with Gasteiger partial charge in [-0.05, 0) is 73.2 Å². The zero-order valence-electron chi connectivity index (χ0n) is 20.5. The van der Waals surface area contributed by atoms with E-state index in [0.29, 0.717) is 44.7 Å². The van der Waals surface area contributed by atoms with Gasteiger partial charge in [0.1, 0.15) is 5.82 Å². The first kappa shape index (κ1) is 25.4. The molecule has 8 nitrogen and oxygen atoms in total. The number of fused-ring (bicyclic) bond motifs is 1. The van der Waals surface area contributed by atoms with Gasteiger partial charge in [-0.2, -0.15) is 0 Å². The summed E-state index contributed by atoms with van der Waals surface area (Å²) in [5.74, 6) is -1.55.